The summed E-state index contributed by atoms with van der Waals surface area (Å²) in [4.78, 5) is 28.8. The monoisotopic (exact) mass is 547 g/mol. The van der Waals surface area contributed by atoms with Gasteiger partial charge >= 0.3 is 0 Å². The smallest absolute Gasteiger partial charge is 0.264 e. The second-order valence-corrected chi connectivity index (χ2v) is 12.2. The topological polar surface area (TPSA) is 86.8 Å². The van der Waals surface area contributed by atoms with E-state index in [2.05, 4.69) is 5.32 Å². The van der Waals surface area contributed by atoms with E-state index in [1.54, 1.807) is 61.5 Å². The minimum Gasteiger partial charge on any atom is -0.352 e. The fraction of sp³-hybridized carbons (Fsp3) is 0.355. The fourth-order valence-corrected chi connectivity index (χ4v) is 6.24. The molecule has 1 aliphatic carbocycles. The standard InChI is InChI=1S/C31H37N3O4S/c1-23-13-17-26(18-14-23)21-33(25(3)31(36)32-27-9-7-8-10-27)30(35)22-34(28-11-5-4-6-12-28)39(37,38)29-19-15-24(2)16-20-29/h4-6,11-20,25,27H,7-10,21-22H2,1-3H3,(H,32,36)/t25-/m0/s1. The van der Waals surface area contributed by atoms with Crippen LogP contribution in [0, 0.1) is 13.8 Å². The molecule has 39 heavy (non-hydrogen) atoms. The Balaban J connectivity index is 1.66. The summed E-state index contributed by atoms with van der Waals surface area (Å²) in [5, 5.41) is 3.09. The predicted molar refractivity (Wildman–Crippen MR) is 154 cm³/mol. The Bertz CT molecular complexity index is 1370. The number of nitrogens with one attached hydrogen (secondary N) is 1. The number of para-hydroxylation sites is 1. The van der Waals surface area contributed by atoms with Crippen molar-refractivity contribution in [1.29, 1.82) is 0 Å². The number of hydrogen-bond acceptors (Lipinski definition) is 4. The lowest BCUT2D eigenvalue weighted by Gasteiger charge is -2.32. The molecule has 4 rings (SSSR count). The maximum atomic E-state index is 14.0. The van der Waals surface area contributed by atoms with E-state index in [1.807, 2.05) is 38.1 Å². The Hall–Kier alpha value is -3.65. The van der Waals surface area contributed by atoms with Crippen molar-refractivity contribution in [3.05, 3.63) is 95.6 Å². The Morgan fingerprint density at radius 1 is 0.872 bits per heavy atom. The summed E-state index contributed by atoms with van der Waals surface area (Å²) in [7, 11) is -4.06. The number of carbonyl (C=O) groups is 2. The van der Waals surface area contributed by atoms with Crippen LogP contribution in [0.4, 0.5) is 5.69 Å². The molecular weight excluding hydrogens is 510 g/mol. The van der Waals surface area contributed by atoms with Crippen LogP contribution < -0.4 is 9.62 Å². The molecule has 1 saturated carbocycles. The molecule has 0 radical (unpaired) electrons. The van der Waals surface area contributed by atoms with Gasteiger partial charge < -0.3 is 10.2 Å². The molecule has 1 fully saturated rings. The maximum absolute atomic E-state index is 14.0. The first kappa shape index (κ1) is 28.4. The number of rotatable bonds is 10. The molecule has 0 spiro atoms. The zero-order chi connectivity index (χ0) is 28.0. The molecule has 3 aromatic rings. The first-order valence-corrected chi connectivity index (χ1v) is 14.9. The molecule has 3 aromatic carbocycles. The van der Waals surface area contributed by atoms with Crippen LogP contribution in [0.15, 0.2) is 83.8 Å². The molecule has 0 aromatic heterocycles. The molecular formula is C31H37N3O4S. The average molecular weight is 548 g/mol. The lowest BCUT2D eigenvalue weighted by atomic mass is 10.1. The van der Waals surface area contributed by atoms with Gasteiger partial charge in [0.1, 0.15) is 12.6 Å². The zero-order valence-corrected chi connectivity index (χ0v) is 23.7. The molecule has 1 N–H and O–H groups in total. The number of anilines is 1. The van der Waals surface area contributed by atoms with Gasteiger partial charge in [0.25, 0.3) is 10.0 Å². The van der Waals surface area contributed by atoms with E-state index in [9.17, 15) is 18.0 Å². The third-order valence-corrected chi connectivity index (χ3v) is 9.06. The summed E-state index contributed by atoms with van der Waals surface area (Å²) >= 11 is 0. The number of aryl methyl sites for hydroxylation is 2. The van der Waals surface area contributed by atoms with Crippen LogP contribution in [0.25, 0.3) is 0 Å². The highest BCUT2D eigenvalue weighted by Gasteiger charge is 2.33. The van der Waals surface area contributed by atoms with Gasteiger partial charge in [-0.1, -0.05) is 78.6 Å². The van der Waals surface area contributed by atoms with Crippen molar-refractivity contribution in [1.82, 2.24) is 10.2 Å². The number of benzene rings is 3. The van der Waals surface area contributed by atoms with Gasteiger partial charge in [0, 0.05) is 12.6 Å². The van der Waals surface area contributed by atoms with Crippen molar-refractivity contribution in [2.45, 2.75) is 70.0 Å². The Labute approximate surface area is 231 Å². The number of nitrogens with zero attached hydrogens (tertiary/aromatic N) is 2. The summed E-state index contributed by atoms with van der Waals surface area (Å²) in [6.45, 7) is 5.32. The number of amides is 2. The third kappa shape index (κ3) is 7.06. The van der Waals surface area contributed by atoms with E-state index in [4.69, 9.17) is 0 Å². The lowest BCUT2D eigenvalue weighted by molar-refractivity contribution is -0.139. The molecule has 0 bridgehead atoms. The molecule has 0 unspecified atom stereocenters. The van der Waals surface area contributed by atoms with Crippen molar-refractivity contribution < 1.29 is 18.0 Å². The van der Waals surface area contributed by atoms with E-state index in [0.717, 1.165) is 46.7 Å². The van der Waals surface area contributed by atoms with Gasteiger partial charge in [-0.05, 0) is 63.4 Å². The quantitative estimate of drug-likeness (QED) is 0.388. The SMILES string of the molecule is Cc1ccc(CN(C(=O)CN(c2ccccc2)S(=O)(=O)c2ccc(C)cc2)[C@@H](C)C(=O)NC2CCCC2)cc1. The van der Waals surface area contributed by atoms with Gasteiger partial charge in [-0.2, -0.15) is 0 Å². The second kappa shape index (κ2) is 12.5. The van der Waals surface area contributed by atoms with Crippen LogP contribution in [0.2, 0.25) is 0 Å². The molecule has 2 amide bonds. The number of hydrogen-bond donors (Lipinski definition) is 1. The van der Waals surface area contributed by atoms with Gasteiger partial charge in [0.15, 0.2) is 0 Å². The maximum Gasteiger partial charge on any atom is 0.264 e. The van der Waals surface area contributed by atoms with Crippen molar-refractivity contribution in [2.24, 2.45) is 0 Å². The average Bonchev–Trinajstić information content (AvgIpc) is 3.44. The molecule has 0 aliphatic heterocycles. The second-order valence-electron chi connectivity index (χ2n) is 10.3. The predicted octanol–water partition coefficient (Wildman–Crippen LogP) is 4.97. The van der Waals surface area contributed by atoms with Gasteiger partial charge in [0.2, 0.25) is 11.8 Å². The van der Waals surface area contributed by atoms with Crippen LogP contribution >= 0.6 is 0 Å². The minimum absolute atomic E-state index is 0.0989. The van der Waals surface area contributed by atoms with Crippen molar-refractivity contribution in [3.63, 3.8) is 0 Å². The third-order valence-electron chi connectivity index (χ3n) is 7.27. The summed E-state index contributed by atoms with van der Waals surface area (Å²) in [6, 6.07) is 22.3. The fourth-order valence-electron chi connectivity index (χ4n) is 4.83. The van der Waals surface area contributed by atoms with Crippen molar-refractivity contribution >= 4 is 27.5 Å². The van der Waals surface area contributed by atoms with Crippen molar-refractivity contribution in [2.75, 3.05) is 10.8 Å². The molecule has 1 atom stereocenters. The molecule has 0 saturated heterocycles. The van der Waals surface area contributed by atoms with Crippen LogP contribution in [0.1, 0.15) is 49.3 Å². The highest BCUT2D eigenvalue weighted by atomic mass is 32.2. The normalized spacial score (nSPS) is 14.5. The zero-order valence-electron chi connectivity index (χ0n) is 22.8. The van der Waals surface area contributed by atoms with Gasteiger partial charge in [-0.15, -0.1) is 0 Å². The highest BCUT2D eigenvalue weighted by Crippen LogP contribution is 2.25. The minimum atomic E-state index is -4.06. The van der Waals surface area contributed by atoms with Crippen molar-refractivity contribution in [3.8, 4) is 0 Å². The van der Waals surface area contributed by atoms with Gasteiger partial charge in [-0.3, -0.25) is 13.9 Å². The first-order chi connectivity index (χ1) is 18.6. The van der Waals surface area contributed by atoms with Crippen LogP contribution in [0.3, 0.4) is 0 Å². The van der Waals surface area contributed by atoms with Crippen LogP contribution in [-0.2, 0) is 26.2 Å². The van der Waals surface area contributed by atoms with E-state index in [1.165, 1.54) is 4.90 Å². The Morgan fingerprint density at radius 3 is 2.03 bits per heavy atom. The molecule has 7 nitrogen and oxygen atoms in total. The van der Waals surface area contributed by atoms with Crippen LogP contribution in [0.5, 0.6) is 0 Å². The Kier molecular flexibility index (Phi) is 9.07. The van der Waals surface area contributed by atoms with Gasteiger partial charge in [0.05, 0.1) is 10.6 Å². The highest BCUT2D eigenvalue weighted by molar-refractivity contribution is 7.92. The first-order valence-electron chi connectivity index (χ1n) is 13.4. The summed E-state index contributed by atoms with van der Waals surface area (Å²) < 4.78 is 28.7. The molecule has 0 heterocycles. The summed E-state index contributed by atoms with van der Waals surface area (Å²) in [5.74, 6) is -0.681. The van der Waals surface area contributed by atoms with Gasteiger partial charge in [-0.25, -0.2) is 8.42 Å². The number of sulfonamides is 1. The largest absolute Gasteiger partial charge is 0.352 e. The molecule has 1 aliphatic rings. The van der Waals surface area contributed by atoms with E-state index < -0.39 is 28.5 Å². The Morgan fingerprint density at radius 2 is 1.44 bits per heavy atom. The summed E-state index contributed by atoms with van der Waals surface area (Å²) in [5.41, 5.74) is 3.26. The van der Waals surface area contributed by atoms with Crippen LogP contribution in [-0.4, -0.2) is 43.8 Å². The summed E-state index contributed by atoms with van der Waals surface area (Å²) in [6.07, 6.45) is 4.02. The van der Waals surface area contributed by atoms with E-state index >= 15 is 0 Å². The lowest BCUT2D eigenvalue weighted by Crippen LogP contribution is -2.52. The molecule has 8 heteroatoms. The number of carbonyl (C=O) groups excluding carboxylic acids is 2. The van der Waals surface area contributed by atoms with E-state index in [-0.39, 0.29) is 23.4 Å². The molecule has 206 valence electrons. The van der Waals surface area contributed by atoms with E-state index in [0.29, 0.717) is 5.69 Å².